The summed E-state index contributed by atoms with van der Waals surface area (Å²) in [6, 6.07) is 13.2. The number of nitrogens with two attached hydrogens (primary N) is 1. The maximum absolute atomic E-state index is 12.4. The van der Waals surface area contributed by atoms with Gasteiger partial charge in [-0.2, -0.15) is 0 Å². The van der Waals surface area contributed by atoms with Crippen molar-refractivity contribution in [3.05, 3.63) is 54.1 Å². The minimum Gasteiger partial charge on any atom is -0.454 e. The van der Waals surface area contributed by atoms with Crippen molar-refractivity contribution >= 4 is 23.7 Å². The van der Waals surface area contributed by atoms with E-state index in [2.05, 4.69) is 15.5 Å². The number of carbonyl (C=O) groups is 2. The minimum absolute atomic E-state index is 0.164. The molecule has 0 aliphatic carbocycles. The number of imide groups is 1. The number of carbonyl (C=O) groups excluding carboxylic acids is 2. The van der Waals surface area contributed by atoms with Crippen molar-refractivity contribution in [1.29, 1.82) is 0 Å². The van der Waals surface area contributed by atoms with Gasteiger partial charge in [-0.05, 0) is 35.5 Å². The van der Waals surface area contributed by atoms with Crippen LogP contribution in [-0.4, -0.2) is 28.9 Å². The van der Waals surface area contributed by atoms with E-state index in [1.54, 1.807) is 42.5 Å². The molecule has 0 saturated carbocycles. The normalized spacial score (nSPS) is 13.1. The molecule has 1 aliphatic heterocycles. The second-order valence-electron chi connectivity index (χ2n) is 5.70. The number of hydrogen-bond donors (Lipinski definition) is 2. The van der Waals surface area contributed by atoms with Gasteiger partial charge in [0.2, 0.25) is 18.6 Å². The molecule has 2 heterocycles. The molecule has 0 fully saturated rings. The molecule has 0 unspecified atom stereocenters. The van der Waals surface area contributed by atoms with Crippen LogP contribution in [0, 0.1) is 0 Å². The molecule has 3 aromatic rings. The number of ether oxygens (including phenoxy) is 2. The predicted octanol–water partition coefficient (Wildman–Crippen LogP) is 2.49. The van der Waals surface area contributed by atoms with Crippen molar-refractivity contribution in [1.82, 2.24) is 15.5 Å². The Morgan fingerprint density at radius 3 is 2.64 bits per heavy atom. The van der Waals surface area contributed by atoms with Gasteiger partial charge in [0, 0.05) is 5.56 Å². The lowest BCUT2D eigenvalue weighted by atomic mass is 10.1. The summed E-state index contributed by atoms with van der Waals surface area (Å²) in [5, 5.41) is 9.47. The number of fused-ring (bicyclic) bond motifs is 1. The van der Waals surface area contributed by atoms with Crippen LogP contribution < -0.4 is 20.5 Å². The van der Waals surface area contributed by atoms with E-state index in [0.717, 1.165) is 11.8 Å². The monoisotopic (exact) mass is 398 g/mol. The first-order valence-electron chi connectivity index (χ1n) is 8.15. The molecular formula is C18H14N4O5S. The van der Waals surface area contributed by atoms with Crippen molar-refractivity contribution in [2.45, 2.75) is 10.5 Å². The van der Waals surface area contributed by atoms with Crippen molar-refractivity contribution < 1.29 is 23.5 Å². The van der Waals surface area contributed by atoms with Crippen molar-refractivity contribution in [3.8, 4) is 23.0 Å². The van der Waals surface area contributed by atoms with E-state index < -0.39 is 17.2 Å². The highest BCUT2D eigenvalue weighted by Crippen LogP contribution is 2.38. The highest BCUT2D eigenvalue weighted by molar-refractivity contribution is 8.00. The topological polar surface area (TPSA) is 130 Å². The van der Waals surface area contributed by atoms with Gasteiger partial charge in [0.1, 0.15) is 5.25 Å². The standard InChI is InChI=1S/C18H14N4O5S/c19-17(24)20-15(23)14(10-4-2-1-3-5-10)28-18-22-21-16(27-18)11-6-7-12-13(8-11)26-9-25-12/h1-8,14H,9H2,(H3,19,20,23,24)/t14-/m0/s1. The number of primary amides is 1. The van der Waals surface area contributed by atoms with E-state index in [-0.39, 0.29) is 17.9 Å². The van der Waals surface area contributed by atoms with E-state index in [1.807, 2.05) is 6.07 Å². The quantitative estimate of drug-likeness (QED) is 0.627. The van der Waals surface area contributed by atoms with E-state index in [9.17, 15) is 9.59 Å². The van der Waals surface area contributed by atoms with Crippen molar-refractivity contribution in [2.75, 3.05) is 6.79 Å². The molecule has 0 bridgehead atoms. The largest absolute Gasteiger partial charge is 0.454 e. The second-order valence-corrected chi connectivity index (χ2v) is 6.76. The molecule has 1 aliphatic rings. The Morgan fingerprint density at radius 1 is 1.07 bits per heavy atom. The maximum Gasteiger partial charge on any atom is 0.318 e. The fourth-order valence-electron chi connectivity index (χ4n) is 2.59. The summed E-state index contributed by atoms with van der Waals surface area (Å²) >= 11 is 1.02. The van der Waals surface area contributed by atoms with Gasteiger partial charge in [-0.1, -0.05) is 30.3 Å². The van der Waals surface area contributed by atoms with Gasteiger partial charge < -0.3 is 19.6 Å². The molecule has 3 amide bonds. The summed E-state index contributed by atoms with van der Waals surface area (Å²) in [5.41, 5.74) is 6.39. The summed E-state index contributed by atoms with van der Waals surface area (Å²) in [6.07, 6.45) is 0. The third kappa shape index (κ3) is 3.76. The summed E-state index contributed by atoms with van der Waals surface area (Å²) < 4.78 is 16.3. The van der Waals surface area contributed by atoms with E-state index >= 15 is 0 Å². The number of hydrogen-bond acceptors (Lipinski definition) is 8. The molecular weight excluding hydrogens is 384 g/mol. The molecule has 4 rings (SSSR count). The van der Waals surface area contributed by atoms with E-state index in [4.69, 9.17) is 19.6 Å². The lowest BCUT2D eigenvalue weighted by Crippen LogP contribution is -2.37. The number of urea groups is 1. The van der Waals surface area contributed by atoms with Crippen LogP contribution in [0.15, 0.2) is 58.2 Å². The minimum atomic E-state index is -0.932. The SMILES string of the molecule is NC(=O)NC(=O)[C@@H](Sc1nnc(-c2ccc3c(c2)OCO3)o1)c1ccccc1. The van der Waals surface area contributed by atoms with Gasteiger partial charge in [-0.25, -0.2) is 4.79 Å². The van der Waals surface area contributed by atoms with Crippen LogP contribution in [0.1, 0.15) is 10.8 Å². The molecule has 1 atom stereocenters. The van der Waals surface area contributed by atoms with Crippen LogP contribution in [-0.2, 0) is 4.79 Å². The number of nitrogens with one attached hydrogen (secondary N) is 1. The molecule has 2 aromatic carbocycles. The van der Waals surface area contributed by atoms with Gasteiger partial charge in [0.15, 0.2) is 11.5 Å². The zero-order valence-electron chi connectivity index (χ0n) is 14.3. The van der Waals surface area contributed by atoms with Gasteiger partial charge in [0.05, 0.1) is 0 Å². The zero-order chi connectivity index (χ0) is 19.5. The summed E-state index contributed by atoms with van der Waals surface area (Å²) in [5.74, 6) is 0.924. The lowest BCUT2D eigenvalue weighted by Gasteiger charge is -2.13. The van der Waals surface area contributed by atoms with Crippen molar-refractivity contribution in [3.63, 3.8) is 0 Å². The van der Waals surface area contributed by atoms with Crippen LogP contribution in [0.4, 0.5) is 4.79 Å². The molecule has 0 spiro atoms. The smallest absolute Gasteiger partial charge is 0.318 e. The third-order valence-corrected chi connectivity index (χ3v) is 4.92. The molecule has 0 saturated heterocycles. The molecule has 10 heteroatoms. The first-order valence-corrected chi connectivity index (χ1v) is 9.03. The van der Waals surface area contributed by atoms with Gasteiger partial charge in [0.25, 0.3) is 5.22 Å². The lowest BCUT2D eigenvalue weighted by molar-refractivity contribution is -0.119. The number of rotatable bonds is 5. The van der Waals surface area contributed by atoms with Crippen molar-refractivity contribution in [2.24, 2.45) is 5.73 Å². The average molecular weight is 398 g/mol. The molecule has 1 aromatic heterocycles. The molecule has 3 N–H and O–H groups in total. The Bertz CT molecular complexity index is 1020. The highest BCUT2D eigenvalue weighted by atomic mass is 32.2. The molecule has 142 valence electrons. The second kappa shape index (κ2) is 7.61. The average Bonchev–Trinajstić information content (AvgIpc) is 3.34. The Hall–Kier alpha value is -3.53. The first kappa shape index (κ1) is 17.9. The maximum atomic E-state index is 12.4. The Kier molecular flexibility index (Phi) is 4.85. The molecule has 28 heavy (non-hydrogen) atoms. The fourth-order valence-corrected chi connectivity index (χ4v) is 3.47. The number of nitrogens with zero attached hydrogens (tertiary/aromatic N) is 2. The zero-order valence-corrected chi connectivity index (χ0v) is 15.1. The third-order valence-electron chi connectivity index (χ3n) is 3.83. The first-order chi connectivity index (χ1) is 13.6. The Labute approximate surface area is 163 Å². The number of thioether (sulfide) groups is 1. The van der Waals surface area contributed by atoms with Crippen LogP contribution in [0.25, 0.3) is 11.5 Å². The van der Waals surface area contributed by atoms with E-state index in [1.165, 1.54) is 0 Å². The Morgan fingerprint density at radius 2 is 1.86 bits per heavy atom. The summed E-state index contributed by atoms with van der Waals surface area (Å²) in [6.45, 7) is 0.164. The summed E-state index contributed by atoms with van der Waals surface area (Å²) in [7, 11) is 0. The van der Waals surface area contributed by atoms with Crippen LogP contribution >= 0.6 is 11.8 Å². The molecule has 0 radical (unpaired) electrons. The highest BCUT2D eigenvalue weighted by Gasteiger charge is 2.26. The van der Waals surface area contributed by atoms with Gasteiger partial charge in [-0.3, -0.25) is 10.1 Å². The molecule has 9 nitrogen and oxygen atoms in total. The Balaban J connectivity index is 1.58. The van der Waals surface area contributed by atoms with E-state index in [0.29, 0.717) is 22.6 Å². The van der Waals surface area contributed by atoms with Gasteiger partial charge >= 0.3 is 6.03 Å². The number of aromatic nitrogens is 2. The predicted molar refractivity (Wildman–Crippen MR) is 98.6 cm³/mol. The van der Waals surface area contributed by atoms with Crippen LogP contribution in [0.2, 0.25) is 0 Å². The summed E-state index contributed by atoms with van der Waals surface area (Å²) in [4.78, 5) is 23.5. The van der Waals surface area contributed by atoms with Crippen LogP contribution in [0.5, 0.6) is 11.5 Å². The van der Waals surface area contributed by atoms with Gasteiger partial charge in [-0.15, -0.1) is 10.2 Å². The van der Waals surface area contributed by atoms with Crippen LogP contribution in [0.3, 0.4) is 0 Å². The number of amides is 3. The fraction of sp³-hybridized carbons (Fsp3) is 0.111. The number of benzene rings is 2.